The van der Waals surface area contributed by atoms with Gasteiger partial charge in [0, 0.05) is 25.6 Å². The summed E-state index contributed by atoms with van der Waals surface area (Å²) in [5, 5.41) is 11.3. The maximum atomic E-state index is 10.8. The van der Waals surface area contributed by atoms with Crippen LogP contribution in [0.1, 0.15) is 65.4 Å². The molecule has 1 saturated heterocycles. The molecule has 0 radical (unpaired) electrons. The van der Waals surface area contributed by atoms with Crippen LogP contribution in [-0.4, -0.2) is 41.5 Å². The number of carboxylic acid groups (broad SMARTS) is 1. The van der Waals surface area contributed by atoms with Crippen molar-refractivity contribution in [2.24, 2.45) is 17.3 Å². The summed E-state index contributed by atoms with van der Waals surface area (Å²) >= 11 is 0. The van der Waals surface area contributed by atoms with E-state index in [-0.39, 0.29) is 12.0 Å². The SMILES string of the molecule is CC1CN(Cc2ccc3cc(OC4CCC(C(C)(C)C)CC4)ccc3c2)CCC1OC(=O)O. The van der Waals surface area contributed by atoms with Crippen molar-refractivity contribution in [1.29, 1.82) is 0 Å². The van der Waals surface area contributed by atoms with Gasteiger partial charge in [0.1, 0.15) is 11.9 Å². The highest BCUT2D eigenvalue weighted by atomic mass is 16.7. The Morgan fingerprint density at radius 1 is 1.03 bits per heavy atom. The van der Waals surface area contributed by atoms with Gasteiger partial charge in [0.15, 0.2) is 0 Å². The summed E-state index contributed by atoms with van der Waals surface area (Å²) < 4.78 is 11.4. The second kappa shape index (κ2) is 9.92. The molecular weight excluding hydrogens is 414 g/mol. The van der Waals surface area contributed by atoms with E-state index >= 15 is 0 Å². The fraction of sp³-hybridized carbons (Fsp3) is 0.607. The lowest BCUT2D eigenvalue weighted by molar-refractivity contribution is -0.0108. The molecule has 5 nitrogen and oxygen atoms in total. The molecule has 4 rings (SSSR count). The van der Waals surface area contributed by atoms with Gasteiger partial charge in [-0.1, -0.05) is 45.9 Å². The number of hydrogen-bond acceptors (Lipinski definition) is 4. The molecule has 1 aliphatic carbocycles. The van der Waals surface area contributed by atoms with E-state index in [2.05, 4.69) is 69.0 Å². The van der Waals surface area contributed by atoms with Crippen molar-refractivity contribution in [2.45, 2.75) is 78.6 Å². The Bertz CT molecular complexity index is 958. The van der Waals surface area contributed by atoms with Crippen molar-refractivity contribution >= 4 is 16.9 Å². The first-order chi connectivity index (χ1) is 15.7. The Hall–Kier alpha value is -2.27. The van der Waals surface area contributed by atoms with Crippen LogP contribution in [0.4, 0.5) is 4.79 Å². The van der Waals surface area contributed by atoms with Crippen molar-refractivity contribution in [3.8, 4) is 5.75 Å². The summed E-state index contributed by atoms with van der Waals surface area (Å²) in [4.78, 5) is 13.2. The third-order valence-corrected chi connectivity index (χ3v) is 7.65. The zero-order valence-corrected chi connectivity index (χ0v) is 20.5. The minimum Gasteiger partial charge on any atom is -0.490 e. The molecule has 2 aliphatic rings. The number of hydrogen-bond donors (Lipinski definition) is 1. The predicted molar refractivity (Wildman–Crippen MR) is 132 cm³/mol. The third-order valence-electron chi connectivity index (χ3n) is 7.65. The molecule has 1 heterocycles. The van der Waals surface area contributed by atoms with Crippen LogP contribution < -0.4 is 4.74 Å². The van der Waals surface area contributed by atoms with E-state index in [0.717, 1.165) is 50.6 Å². The number of rotatable bonds is 5. The Morgan fingerprint density at radius 2 is 1.73 bits per heavy atom. The van der Waals surface area contributed by atoms with Crippen LogP contribution in [0.15, 0.2) is 36.4 Å². The van der Waals surface area contributed by atoms with E-state index in [9.17, 15) is 4.79 Å². The Kier molecular flexibility index (Phi) is 7.18. The molecule has 180 valence electrons. The van der Waals surface area contributed by atoms with Gasteiger partial charge in [-0.15, -0.1) is 0 Å². The average molecular weight is 454 g/mol. The highest BCUT2D eigenvalue weighted by Gasteiger charge is 2.31. The van der Waals surface area contributed by atoms with Crippen molar-refractivity contribution in [2.75, 3.05) is 13.1 Å². The molecule has 2 fully saturated rings. The number of likely N-dealkylation sites (tertiary alicyclic amines) is 1. The van der Waals surface area contributed by atoms with E-state index in [1.807, 2.05) is 0 Å². The average Bonchev–Trinajstić information content (AvgIpc) is 2.75. The molecule has 2 aromatic carbocycles. The standard InChI is InChI=1S/C28H39NO4/c1-19-17-29(14-13-26(19)33-27(30)31)18-20-5-6-22-16-25(10-7-21(22)15-20)32-24-11-8-23(9-12-24)28(2,3)4/h5-7,10,15-16,19,23-24,26H,8-9,11-14,17-18H2,1-4H3,(H,30,31). The summed E-state index contributed by atoms with van der Waals surface area (Å²) in [6, 6.07) is 13.1. The molecule has 33 heavy (non-hydrogen) atoms. The molecule has 1 aliphatic heterocycles. The first-order valence-corrected chi connectivity index (χ1v) is 12.5. The van der Waals surface area contributed by atoms with Gasteiger partial charge in [0.2, 0.25) is 0 Å². The topological polar surface area (TPSA) is 59.0 Å². The zero-order valence-electron chi connectivity index (χ0n) is 20.5. The molecule has 0 amide bonds. The van der Waals surface area contributed by atoms with Crippen molar-refractivity contribution < 1.29 is 19.4 Å². The van der Waals surface area contributed by atoms with Gasteiger partial charge in [-0.25, -0.2) is 4.79 Å². The maximum Gasteiger partial charge on any atom is 0.506 e. The maximum absolute atomic E-state index is 10.8. The molecule has 2 aromatic rings. The Morgan fingerprint density at radius 3 is 2.39 bits per heavy atom. The fourth-order valence-electron chi connectivity index (χ4n) is 5.60. The molecule has 2 atom stereocenters. The first kappa shape index (κ1) is 23.9. The minimum atomic E-state index is -1.17. The van der Waals surface area contributed by atoms with Crippen molar-refractivity contribution in [3.05, 3.63) is 42.0 Å². The molecule has 0 bridgehead atoms. The second-order valence-corrected chi connectivity index (χ2v) is 11.2. The van der Waals surface area contributed by atoms with E-state index < -0.39 is 6.16 Å². The number of ether oxygens (including phenoxy) is 2. The summed E-state index contributed by atoms with van der Waals surface area (Å²) in [5.41, 5.74) is 1.67. The van der Waals surface area contributed by atoms with Crippen LogP contribution in [0, 0.1) is 17.3 Å². The van der Waals surface area contributed by atoms with E-state index in [0.29, 0.717) is 11.5 Å². The molecule has 0 aromatic heterocycles. The largest absolute Gasteiger partial charge is 0.506 e. The predicted octanol–water partition coefficient (Wildman–Crippen LogP) is 6.73. The fourth-order valence-corrected chi connectivity index (χ4v) is 5.60. The summed E-state index contributed by atoms with van der Waals surface area (Å²) in [6.45, 7) is 11.7. The van der Waals surface area contributed by atoms with Gasteiger partial charge in [0.05, 0.1) is 6.10 Å². The quantitative estimate of drug-likeness (QED) is 0.509. The number of benzene rings is 2. The summed E-state index contributed by atoms with van der Waals surface area (Å²) in [5.74, 6) is 1.98. The zero-order chi connectivity index (χ0) is 23.6. The lowest BCUT2D eigenvalue weighted by atomic mass is 9.72. The molecule has 1 N–H and O–H groups in total. The number of nitrogens with zero attached hydrogens (tertiary/aromatic N) is 1. The summed E-state index contributed by atoms with van der Waals surface area (Å²) in [7, 11) is 0. The van der Waals surface area contributed by atoms with Crippen molar-refractivity contribution in [1.82, 2.24) is 4.90 Å². The van der Waals surface area contributed by atoms with Gasteiger partial charge in [-0.3, -0.25) is 4.90 Å². The summed E-state index contributed by atoms with van der Waals surface area (Å²) in [6.07, 6.45) is 4.51. The van der Waals surface area contributed by atoms with Crippen LogP contribution in [-0.2, 0) is 11.3 Å². The first-order valence-electron chi connectivity index (χ1n) is 12.5. The monoisotopic (exact) mass is 453 g/mol. The second-order valence-electron chi connectivity index (χ2n) is 11.2. The van der Waals surface area contributed by atoms with Crippen molar-refractivity contribution in [3.63, 3.8) is 0 Å². The highest BCUT2D eigenvalue weighted by Crippen LogP contribution is 2.39. The van der Waals surface area contributed by atoms with Gasteiger partial charge in [-0.05, 0) is 78.0 Å². The third kappa shape index (κ3) is 6.20. The molecule has 5 heteroatoms. The van der Waals surface area contributed by atoms with Gasteiger partial charge in [-0.2, -0.15) is 0 Å². The Balaban J connectivity index is 1.33. The van der Waals surface area contributed by atoms with Gasteiger partial charge in [0.25, 0.3) is 0 Å². The highest BCUT2D eigenvalue weighted by molar-refractivity contribution is 5.84. The lowest BCUT2D eigenvalue weighted by Gasteiger charge is -2.37. The number of piperidine rings is 1. The number of carbonyl (C=O) groups is 1. The smallest absolute Gasteiger partial charge is 0.490 e. The Labute approximate surface area is 198 Å². The molecular formula is C28H39NO4. The van der Waals surface area contributed by atoms with E-state index in [4.69, 9.17) is 14.6 Å². The molecule has 1 saturated carbocycles. The van der Waals surface area contributed by atoms with Crippen LogP contribution >= 0.6 is 0 Å². The molecule has 0 spiro atoms. The normalized spacial score (nSPS) is 26.8. The molecule has 2 unspecified atom stereocenters. The van der Waals surface area contributed by atoms with E-state index in [1.165, 1.54) is 29.2 Å². The van der Waals surface area contributed by atoms with Gasteiger partial charge >= 0.3 is 6.16 Å². The van der Waals surface area contributed by atoms with Crippen LogP contribution in [0.5, 0.6) is 5.75 Å². The van der Waals surface area contributed by atoms with E-state index in [1.54, 1.807) is 0 Å². The van der Waals surface area contributed by atoms with Crippen LogP contribution in [0.3, 0.4) is 0 Å². The van der Waals surface area contributed by atoms with Crippen LogP contribution in [0.25, 0.3) is 10.8 Å². The van der Waals surface area contributed by atoms with Crippen LogP contribution in [0.2, 0.25) is 0 Å². The van der Waals surface area contributed by atoms with Gasteiger partial charge < -0.3 is 14.6 Å². The minimum absolute atomic E-state index is 0.197. The lowest BCUT2D eigenvalue weighted by Crippen LogP contribution is -2.43. The number of fused-ring (bicyclic) bond motifs is 1.